The Morgan fingerprint density at radius 2 is 2.33 bits per heavy atom. The van der Waals surface area contributed by atoms with Gasteiger partial charge in [0.25, 0.3) is 0 Å². The topological polar surface area (TPSA) is 43.1 Å². The molecule has 2 nitrogen and oxygen atoms in total. The first-order chi connectivity index (χ1) is 5.68. The number of nitrogen functional groups attached to an aromatic ring is 1. The van der Waals surface area contributed by atoms with E-state index >= 15 is 0 Å². The summed E-state index contributed by atoms with van der Waals surface area (Å²) in [5.41, 5.74) is 6.47. The molecule has 0 radical (unpaired) electrons. The third kappa shape index (κ3) is 1.04. The van der Waals surface area contributed by atoms with Gasteiger partial charge in [0.05, 0.1) is 14.6 Å². The number of rotatable bonds is 1. The molecule has 0 aromatic carbocycles. The molecule has 0 fully saturated rings. The Kier molecular flexibility index (Phi) is 1.66. The summed E-state index contributed by atoms with van der Waals surface area (Å²) in [5, 5.41) is 2.93. The van der Waals surface area contributed by atoms with E-state index in [2.05, 4.69) is 0 Å². The van der Waals surface area contributed by atoms with Gasteiger partial charge in [-0.2, -0.15) is 0 Å². The Labute approximate surface area is 77.6 Å². The molecule has 2 heterocycles. The van der Waals surface area contributed by atoms with Crippen LogP contribution in [0.15, 0.2) is 11.4 Å². The Morgan fingerprint density at radius 3 is 2.92 bits per heavy atom. The molecular formula is C8H7NOS2. The Hall–Kier alpha value is -0.870. The van der Waals surface area contributed by atoms with Gasteiger partial charge in [-0.15, -0.1) is 22.7 Å². The van der Waals surface area contributed by atoms with E-state index in [1.54, 1.807) is 18.3 Å². The SMILES string of the molecule is CC(=O)c1cc2c(N)csc2s1. The molecule has 12 heavy (non-hydrogen) atoms. The number of thiophene rings is 2. The molecule has 0 amide bonds. The Morgan fingerprint density at radius 1 is 1.58 bits per heavy atom. The first kappa shape index (κ1) is 7.76. The highest BCUT2D eigenvalue weighted by atomic mass is 32.2. The first-order valence-electron chi connectivity index (χ1n) is 3.46. The first-order valence-corrected chi connectivity index (χ1v) is 5.15. The van der Waals surface area contributed by atoms with Crippen LogP contribution < -0.4 is 5.73 Å². The van der Waals surface area contributed by atoms with E-state index in [4.69, 9.17) is 5.73 Å². The lowest BCUT2D eigenvalue weighted by Gasteiger charge is -1.83. The van der Waals surface area contributed by atoms with Crippen LogP contribution in [0.25, 0.3) is 9.40 Å². The summed E-state index contributed by atoms with van der Waals surface area (Å²) < 4.78 is 1.14. The van der Waals surface area contributed by atoms with Gasteiger partial charge in [0.2, 0.25) is 0 Å². The van der Waals surface area contributed by atoms with E-state index in [0.29, 0.717) is 0 Å². The maximum Gasteiger partial charge on any atom is 0.169 e. The maximum atomic E-state index is 11.0. The molecule has 0 spiro atoms. The summed E-state index contributed by atoms with van der Waals surface area (Å²) in [6.45, 7) is 1.57. The molecule has 4 heteroatoms. The number of ketones is 1. The van der Waals surface area contributed by atoms with Crippen molar-refractivity contribution in [3.63, 3.8) is 0 Å². The highest BCUT2D eigenvalue weighted by molar-refractivity contribution is 7.38. The Bertz CT molecular complexity index is 441. The lowest BCUT2D eigenvalue weighted by Crippen LogP contribution is -1.84. The molecule has 0 bridgehead atoms. The molecule has 0 saturated carbocycles. The van der Waals surface area contributed by atoms with Crippen molar-refractivity contribution in [3.8, 4) is 0 Å². The third-order valence-corrected chi connectivity index (χ3v) is 4.02. The number of hydrogen-bond acceptors (Lipinski definition) is 4. The standard InChI is InChI=1S/C8H7NOS2/c1-4(10)7-2-5-6(9)3-11-8(5)12-7/h2-3H,9H2,1H3. The van der Waals surface area contributed by atoms with Crippen molar-refractivity contribution >= 4 is 43.5 Å². The molecule has 0 aliphatic heterocycles. The number of nitrogens with two attached hydrogens (primary N) is 1. The molecule has 2 aromatic rings. The summed E-state index contributed by atoms with van der Waals surface area (Å²) in [5.74, 6) is 0.114. The van der Waals surface area contributed by atoms with Gasteiger partial charge < -0.3 is 5.73 Å². The highest BCUT2D eigenvalue weighted by Gasteiger charge is 2.08. The van der Waals surface area contributed by atoms with Crippen LogP contribution in [0.5, 0.6) is 0 Å². The minimum Gasteiger partial charge on any atom is -0.398 e. The number of hydrogen-bond donors (Lipinski definition) is 1. The second-order valence-electron chi connectivity index (χ2n) is 2.56. The lowest BCUT2D eigenvalue weighted by atomic mass is 10.3. The monoisotopic (exact) mass is 197 g/mol. The van der Waals surface area contributed by atoms with Crippen LogP contribution in [0.3, 0.4) is 0 Å². The minimum absolute atomic E-state index is 0.114. The van der Waals surface area contributed by atoms with E-state index in [1.807, 2.05) is 11.4 Å². The second kappa shape index (κ2) is 2.57. The van der Waals surface area contributed by atoms with Crippen LogP contribution >= 0.6 is 22.7 Å². The van der Waals surface area contributed by atoms with Gasteiger partial charge in [-0.05, 0) is 13.0 Å². The van der Waals surface area contributed by atoms with Crippen molar-refractivity contribution in [1.82, 2.24) is 0 Å². The van der Waals surface area contributed by atoms with Gasteiger partial charge in [-0.1, -0.05) is 0 Å². The Balaban J connectivity index is 2.70. The van der Waals surface area contributed by atoms with Crippen LogP contribution in [0.1, 0.15) is 16.6 Å². The van der Waals surface area contributed by atoms with E-state index in [-0.39, 0.29) is 5.78 Å². The van der Waals surface area contributed by atoms with Crippen LogP contribution in [0.2, 0.25) is 0 Å². The average molecular weight is 197 g/mol. The van der Waals surface area contributed by atoms with Gasteiger partial charge in [-0.25, -0.2) is 0 Å². The summed E-state index contributed by atoms with van der Waals surface area (Å²) in [6.07, 6.45) is 0. The predicted octanol–water partition coefficient (Wildman–Crippen LogP) is 2.75. The van der Waals surface area contributed by atoms with E-state index < -0.39 is 0 Å². The molecule has 0 aliphatic carbocycles. The van der Waals surface area contributed by atoms with Crippen molar-refractivity contribution < 1.29 is 4.79 Å². The summed E-state index contributed by atoms with van der Waals surface area (Å²) in [7, 11) is 0. The smallest absolute Gasteiger partial charge is 0.169 e. The summed E-state index contributed by atoms with van der Waals surface area (Å²) in [4.78, 5) is 11.8. The van der Waals surface area contributed by atoms with Crippen molar-refractivity contribution in [3.05, 3.63) is 16.3 Å². The quantitative estimate of drug-likeness (QED) is 0.714. The molecular weight excluding hydrogens is 190 g/mol. The number of carbonyl (C=O) groups is 1. The number of fused-ring (bicyclic) bond motifs is 1. The minimum atomic E-state index is 0.114. The van der Waals surface area contributed by atoms with Crippen molar-refractivity contribution in [2.45, 2.75) is 6.92 Å². The zero-order valence-electron chi connectivity index (χ0n) is 6.46. The van der Waals surface area contributed by atoms with Gasteiger partial charge in [0.1, 0.15) is 0 Å². The van der Waals surface area contributed by atoms with Crippen LogP contribution in [-0.4, -0.2) is 5.78 Å². The molecule has 0 atom stereocenters. The largest absolute Gasteiger partial charge is 0.398 e. The van der Waals surface area contributed by atoms with Crippen LogP contribution in [0, 0.1) is 0 Å². The van der Waals surface area contributed by atoms with Gasteiger partial charge >= 0.3 is 0 Å². The van der Waals surface area contributed by atoms with Crippen molar-refractivity contribution in [2.75, 3.05) is 5.73 Å². The molecule has 62 valence electrons. The molecule has 2 rings (SSSR count). The van der Waals surface area contributed by atoms with Crippen LogP contribution in [0.4, 0.5) is 5.69 Å². The normalized spacial score (nSPS) is 10.8. The molecule has 2 aromatic heterocycles. The zero-order valence-corrected chi connectivity index (χ0v) is 8.09. The van der Waals surface area contributed by atoms with E-state index in [1.165, 1.54) is 11.3 Å². The van der Waals surface area contributed by atoms with E-state index in [9.17, 15) is 4.79 Å². The molecule has 0 saturated heterocycles. The van der Waals surface area contributed by atoms with Crippen molar-refractivity contribution in [2.24, 2.45) is 0 Å². The molecule has 0 aliphatic rings. The maximum absolute atomic E-state index is 11.0. The fourth-order valence-corrected chi connectivity index (χ4v) is 3.09. The molecule has 2 N–H and O–H groups in total. The average Bonchev–Trinajstić information content (AvgIpc) is 2.53. The zero-order chi connectivity index (χ0) is 8.72. The van der Waals surface area contributed by atoms with Crippen LogP contribution in [-0.2, 0) is 0 Å². The predicted molar refractivity (Wildman–Crippen MR) is 54.1 cm³/mol. The fourth-order valence-electron chi connectivity index (χ4n) is 1.02. The highest BCUT2D eigenvalue weighted by Crippen LogP contribution is 2.35. The number of anilines is 1. The van der Waals surface area contributed by atoms with Gasteiger partial charge in [-0.3, -0.25) is 4.79 Å². The van der Waals surface area contributed by atoms with E-state index in [0.717, 1.165) is 20.0 Å². The summed E-state index contributed by atoms with van der Waals surface area (Å²) in [6, 6.07) is 1.87. The van der Waals surface area contributed by atoms with Gasteiger partial charge in [0, 0.05) is 10.8 Å². The van der Waals surface area contributed by atoms with Crippen molar-refractivity contribution in [1.29, 1.82) is 0 Å². The third-order valence-electron chi connectivity index (χ3n) is 1.65. The molecule has 0 unspecified atom stereocenters. The van der Waals surface area contributed by atoms with Gasteiger partial charge in [0.15, 0.2) is 5.78 Å². The summed E-state index contributed by atoms with van der Waals surface area (Å²) >= 11 is 3.11. The number of Topliss-reactive ketones (excluding diaryl/α,β-unsaturated/α-hetero) is 1. The second-order valence-corrected chi connectivity index (χ2v) is 4.75. The number of carbonyl (C=O) groups excluding carboxylic acids is 1. The lowest BCUT2D eigenvalue weighted by molar-refractivity contribution is 0.102. The fraction of sp³-hybridized carbons (Fsp3) is 0.125.